The van der Waals surface area contributed by atoms with Crippen LogP contribution in [0.25, 0.3) is 0 Å². The Labute approximate surface area is 95.2 Å². The van der Waals surface area contributed by atoms with E-state index in [4.69, 9.17) is 0 Å². The Morgan fingerprint density at radius 1 is 1.40 bits per heavy atom. The van der Waals surface area contributed by atoms with E-state index in [-0.39, 0.29) is 0 Å². The maximum Gasteiger partial charge on any atom is 0.000264 e. The maximum absolute atomic E-state index is 3.64. The molecule has 0 aromatic heterocycles. The Morgan fingerprint density at radius 3 is 2.80 bits per heavy atom. The van der Waals surface area contributed by atoms with Crippen molar-refractivity contribution in [2.75, 3.05) is 26.2 Å². The van der Waals surface area contributed by atoms with Crippen molar-refractivity contribution < 1.29 is 0 Å². The molecule has 1 unspecified atom stereocenters. The molecule has 1 aliphatic heterocycles. The second-order valence-corrected chi connectivity index (χ2v) is 5.76. The monoisotopic (exact) mass is 212 g/mol. The van der Waals surface area contributed by atoms with Gasteiger partial charge < -0.3 is 10.6 Å². The minimum absolute atomic E-state index is 0.469. The van der Waals surface area contributed by atoms with Gasteiger partial charge in [0.15, 0.2) is 0 Å². The fraction of sp³-hybridized carbons (Fsp3) is 1.00. The van der Waals surface area contributed by atoms with Crippen LogP contribution >= 0.6 is 0 Å². The van der Waals surface area contributed by atoms with E-state index < -0.39 is 0 Å². The van der Waals surface area contributed by atoms with E-state index in [0.29, 0.717) is 5.41 Å². The van der Waals surface area contributed by atoms with Crippen LogP contribution in [0.4, 0.5) is 0 Å². The molecule has 2 nitrogen and oxygen atoms in total. The van der Waals surface area contributed by atoms with E-state index in [1.54, 1.807) is 0 Å². The fourth-order valence-electron chi connectivity index (χ4n) is 2.48. The second-order valence-electron chi connectivity index (χ2n) is 5.76. The van der Waals surface area contributed by atoms with Crippen molar-refractivity contribution in [3.8, 4) is 0 Å². The van der Waals surface area contributed by atoms with Crippen LogP contribution in [0.15, 0.2) is 0 Å². The second kappa shape index (κ2) is 6.49. The van der Waals surface area contributed by atoms with Gasteiger partial charge in [0, 0.05) is 6.54 Å². The summed E-state index contributed by atoms with van der Waals surface area (Å²) in [5, 5.41) is 7.11. The summed E-state index contributed by atoms with van der Waals surface area (Å²) in [5.74, 6) is 0.858. The molecule has 1 atom stereocenters. The van der Waals surface area contributed by atoms with Gasteiger partial charge in [0.25, 0.3) is 0 Å². The first-order valence-electron chi connectivity index (χ1n) is 6.55. The van der Waals surface area contributed by atoms with Crippen LogP contribution in [0.5, 0.6) is 0 Å². The first-order chi connectivity index (χ1) is 7.14. The predicted octanol–water partition coefficient (Wildman–Crippen LogP) is 2.40. The third-order valence-corrected chi connectivity index (χ3v) is 3.36. The molecule has 0 aromatic rings. The van der Waals surface area contributed by atoms with Gasteiger partial charge in [0.05, 0.1) is 0 Å². The molecule has 1 saturated heterocycles. The van der Waals surface area contributed by atoms with Crippen molar-refractivity contribution >= 4 is 0 Å². The lowest BCUT2D eigenvalue weighted by molar-refractivity contribution is 0.287. The highest BCUT2D eigenvalue weighted by Crippen LogP contribution is 2.20. The van der Waals surface area contributed by atoms with Gasteiger partial charge in [0.1, 0.15) is 0 Å². The van der Waals surface area contributed by atoms with Gasteiger partial charge in [-0.2, -0.15) is 0 Å². The summed E-state index contributed by atoms with van der Waals surface area (Å²) < 4.78 is 0. The minimum Gasteiger partial charge on any atom is -0.316 e. The molecule has 1 rings (SSSR count). The zero-order valence-electron chi connectivity index (χ0n) is 10.7. The molecule has 0 spiro atoms. The van der Waals surface area contributed by atoms with Crippen molar-refractivity contribution in [3.05, 3.63) is 0 Å². The molecule has 15 heavy (non-hydrogen) atoms. The number of hydrogen-bond acceptors (Lipinski definition) is 2. The van der Waals surface area contributed by atoms with Crippen LogP contribution in [-0.4, -0.2) is 26.2 Å². The van der Waals surface area contributed by atoms with Gasteiger partial charge in [-0.3, -0.25) is 0 Å². The van der Waals surface area contributed by atoms with Crippen LogP contribution in [0.3, 0.4) is 0 Å². The Morgan fingerprint density at radius 2 is 2.20 bits per heavy atom. The van der Waals surface area contributed by atoms with Crippen LogP contribution in [0, 0.1) is 11.3 Å². The van der Waals surface area contributed by atoms with E-state index in [9.17, 15) is 0 Å². The highest BCUT2D eigenvalue weighted by atomic mass is 14.9. The molecular weight excluding hydrogens is 184 g/mol. The van der Waals surface area contributed by atoms with Crippen molar-refractivity contribution in [1.29, 1.82) is 0 Å². The summed E-state index contributed by atoms with van der Waals surface area (Å²) >= 11 is 0. The molecule has 1 aliphatic rings. The van der Waals surface area contributed by atoms with Gasteiger partial charge >= 0.3 is 0 Å². The van der Waals surface area contributed by atoms with Crippen molar-refractivity contribution in [1.82, 2.24) is 10.6 Å². The molecule has 1 heterocycles. The number of rotatable bonds is 6. The topological polar surface area (TPSA) is 24.1 Å². The SMILES string of the molecule is CCCC(C)(C)CNCC1CCCNC1. The largest absolute Gasteiger partial charge is 0.316 e. The Bertz CT molecular complexity index is 160. The van der Waals surface area contributed by atoms with Crippen molar-refractivity contribution in [2.24, 2.45) is 11.3 Å². The van der Waals surface area contributed by atoms with Crippen LogP contribution in [0.2, 0.25) is 0 Å². The first kappa shape index (κ1) is 13.0. The smallest absolute Gasteiger partial charge is 0.000264 e. The number of piperidine rings is 1. The fourth-order valence-corrected chi connectivity index (χ4v) is 2.48. The van der Waals surface area contributed by atoms with Gasteiger partial charge in [-0.1, -0.05) is 27.2 Å². The molecule has 2 N–H and O–H groups in total. The van der Waals surface area contributed by atoms with Crippen LogP contribution < -0.4 is 10.6 Å². The molecule has 0 amide bonds. The van der Waals surface area contributed by atoms with Gasteiger partial charge in [-0.25, -0.2) is 0 Å². The Balaban J connectivity index is 2.09. The lowest BCUT2D eigenvalue weighted by Crippen LogP contribution is -2.39. The number of hydrogen-bond donors (Lipinski definition) is 2. The summed E-state index contributed by atoms with van der Waals surface area (Å²) in [6.07, 6.45) is 5.36. The highest BCUT2D eigenvalue weighted by molar-refractivity contribution is 4.75. The Kier molecular flexibility index (Phi) is 5.62. The van der Waals surface area contributed by atoms with Crippen LogP contribution in [-0.2, 0) is 0 Å². The van der Waals surface area contributed by atoms with Crippen molar-refractivity contribution in [3.63, 3.8) is 0 Å². The van der Waals surface area contributed by atoms with Gasteiger partial charge in [0.2, 0.25) is 0 Å². The van der Waals surface area contributed by atoms with E-state index in [1.165, 1.54) is 45.3 Å². The summed E-state index contributed by atoms with van der Waals surface area (Å²) in [5.41, 5.74) is 0.469. The molecule has 0 aliphatic carbocycles. The van der Waals surface area contributed by atoms with E-state index in [0.717, 1.165) is 12.5 Å². The summed E-state index contributed by atoms with van der Waals surface area (Å²) in [6, 6.07) is 0. The highest BCUT2D eigenvalue weighted by Gasteiger charge is 2.17. The van der Waals surface area contributed by atoms with Gasteiger partial charge in [-0.15, -0.1) is 0 Å². The summed E-state index contributed by atoms with van der Waals surface area (Å²) in [7, 11) is 0. The minimum atomic E-state index is 0.469. The third kappa shape index (κ3) is 5.53. The zero-order valence-corrected chi connectivity index (χ0v) is 10.7. The molecule has 2 heteroatoms. The first-order valence-corrected chi connectivity index (χ1v) is 6.55. The van der Waals surface area contributed by atoms with E-state index >= 15 is 0 Å². The zero-order chi connectivity index (χ0) is 11.1. The standard InChI is InChI=1S/C13H28N2/c1-4-7-13(2,3)11-15-10-12-6-5-8-14-9-12/h12,14-15H,4-11H2,1-3H3. The number of nitrogens with one attached hydrogen (secondary N) is 2. The maximum atomic E-state index is 3.64. The van der Waals surface area contributed by atoms with Gasteiger partial charge in [-0.05, 0) is 50.2 Å². The van der Waals surface area contributed by atoms with E-state index in [1.807, 2.05) is 0 Å². The third-order valence-electron chi connectivity index (χ3n) is 3.36. The normalized spacial score (nSPS) is 23.0. The van der Waals surface area contributed by atoms with Crippen LogP contribution in [0.1, 0.15) is 46.5 Å². The quantitative estimate of drug-likeness (QED) is 0.706. The lowest BCUT2D eigenvalue weighted by atomic mass is 9.88. The molecular formula is C13H28N2. The summed E-state index contributed by atoms with van der Waals surface area (Å²) in [6.45, 7) is 11.8. The molecule has 0 aromatic carbocycles. The summed E-state index contributed by atoms with van der Waals surface area (Å²) in [4.78, 5) is 0. The average Bonchev–Trinajstić information content (AvgIpc) is 2.19. The predicted molar refractivity (Wildman–Crippen MR) is 67.2 cm³/mol. The molecule has 1 fully saturated rings. The van der Waals surface area contributed by atoms with Crippen molar-refractivity contribution in [2.45, 2.75) is 46.5 Å². The Hall–Kier alpha value is -0.0800. The average molecular weight is 212 g/mol. The molecule has 0 radical (unpaired) electrons. The molecule has 0 bridgehead atoms. The van der Waals surface area contributed by atoms with E-state index in [2.05, 4.69) is 31.4 Å². The molecule has 0 saturated carbocycles. The molecule has 90 valence electrons. The lowest BCUT2D eigenvalue weighted by Gasteiger charge is -2.28.